The summed E-state index contributed by atoms with van der Waals surface area (Å²) in [5.74, 6) is 0.335. The Morgan fingerprint density at radius 3 is 2.67 bits per heavy atom. The summed E-state index contributed by atoms with van der Waals surface area (Å²) < 4.78 is 0. The van der Waals surface area contributed by atoms with Crippen LogP contribution in [0.2, 0.25) is 0 Å². The van der Waals surface area contributed by atoms with Crippen LogP contribution in [-0.4, -0.2) is 46.6 Å². The summed E-state index contributed by atoms with van der Waals surface area (Å²) in [7, 11) is 1.76. The Balaban J connectivity index is 1.83. The van der Waals surface area contributed by atoms with Crippen LogP contribution in [0.5, 0.6) is 5.75 Å². The molecule has 0 spiro atoms. The van der Waals surface area contributed by atoms with Crippen LogP contribution in [-0.2, 0) is 0 Å². The quantitative estimate of drug-likeness (QED) is 0.758. The van der Waals surface area contributed by atoms with Crippen LogP contribution in [0.25, 0.3) is 0 Å². The van der Waals surface area contributed by atoms with Crippen molar-refractivity contribution in [2.75, 3.05) is 13.6 Å². The Labute approximate surface area is 125 Å². The van der Waals surface area contributed by atoms with Crippen molar-refractivity contribution in [2.24, 2.45) is 5.92 Å². The molecule has 1 saturated heterocycles. The first kappa shape index (κ1) is 15.7. The van der Waals surface area contributed by atoms with Gasteiger partial charge in [0.2, 0.25) is 0 Å². The molecule has 6 nitrogen and oxygen atoms in total. The second kappa shape index (κ2) is 6.87. The first-order valence-electron chi connectivity index (χ1n) is 7.40. The summed E-state index contributed by atoms with van der Waals surface area (Å²) in [6.07, 6.45) is 4.80. The predicted octanol–water partition coefficient (Wildman–Crippen LogP) is 1.14. The SMILES string of the molecule is CC1NNC(C)C1CCCN(C)C(=O)c1ccncc1O. The first-order valence-corrected chi connectivity index (χ1v) is 7.40. The molecule has 3 N–H and O–H groups in total. The highest BCUT2D eigenvalue weighted by atomic mass is 16.3. The molecule has 2 atom stereocenters. The van der Waals surface area contributed by atoms with Crippen molar-refractivity contribution in [3.05, 3.63) is 24.0 Å². The number of hydrogen-bond donors (Lipinski definition) is 3. The van der Waals surface area contributed by atoms with Gasteiger partial charge < -0.3 is 10.0 Å². The first-order chi connectivity index (χ1) is 10.0. The minimum Gasteiger partial charge on any atom is -0.505 e. The molecule has 1 fully saturated rings. The molecule has 0 saturated carbocycles. The summed E-state index contributed by atoms with van der Waals surface area (Å²) in [4.78, 5) is 17.7. The molecule has 6 heteroatoms. The molecule has 0 aliphatic carbocycles. The summed E-state index contributed by atoms with van der Waals surface area (Å²) in [5.41, 5.74) is 6.79. The monoisotopic (exact) mass is 292 g/mol. The Hall–Kier alpha value is -1.66. The van der Waals surface area contributed by atoms with Gasteiger partial charge in [0.1, 0.15) is 5.75 Å². The lowest BCUT2D eigenvalue weighted by molar-refractivity contribution is 0.0787. The largest absolute Gasteiger partial charge is 0.505 e. The minimum absolute atomic E-state index is 0.0687. The number of rotatable bonds is 5. The number of hydrogen-bond acceptors (Lipinski definition) is 5. The Morgan fingerprint density at radius 2 is 2.05 bits per heavy atom. The number of nitrogens with one attached hydrogen (secondary N) is 2. The molecule has 2 rings (SSSR count). The van der Waals surface area contributed by atoms with E-state index in [4.69, 9.17) is 0 Å². The number of pyridine rings is 1. The molecule has 1 amide bonds. The van der Waals surface area contributed by atoms with Gasteiger partial charge in [0, 0.05) is 31.9 Å². The fraction of sp³-hybridized carbons (Fsp3) is 0.600. The fourth-order valence-corrected chi connectivity index (χ4v) is 2.85. The zero-order valence-electron chi connectivity index (χ0n) is 12.8. The minimum atomic E-state index is -0.168. The molecular weight excluding hydrogens is 268 g/mol. The highest BCUT2D eigenvalue weighted by Crippen LogP contribution is 2.21. The van der Waals surface area contributed by atoms with Crippen molar-refractivity contribution in [3.63, 3.8) is 0 Å². The lowest BCUT2D eigenvalue weighted by Crippen LogP contribution is -2.30. The van der Waals surface area contributed by atoms with Crippen molar-refractivity contribution >= 4 is 5.91 Å². The topological polar surface area (TPSA) is 77.5 Å². The van der Waals surface area contributed by atoms with Gasteiger partial charge in [-0.3, -0.25) is 20.6 Å². The number of aromatic nitrogens is 1. The van der Waals surface area contributed by atoms with E-state index in [1.54, 1.807) is 18.0 Å². The van der Waals surface area contributed by atoms with Gasteiger partial charge in [-0.25, -0.2) is 0 Å². The third-order valence-electron chi connectivity index (χ3n) is 4.23. The van der Waals surface area contributed by atoms with Gasteiger partial charge in [0.15, 0.2) is 0 Å². The molecule has 1 aromatic heterocycles. The molecule has 2 unspecified atom stereocenters. The van der Waals surface area contributed by atoms with E-state index in [0.717, 1.165) is 12.8 Å². The van der Waals surface area contributed by atoms with Crippen LogP contribution in [0.4, 0.5) is 0 Å². The number of amides is 1. The van der Waals surface area contributed by atoms with Gasteiger partial charge in [0.25, 0.3) is 5.91 Å². The van der Waals surface area contributed by atoms with Gasteiger partial charge in [-0.2, -0.15) is 0 Å². The molecule has 1 aliphatic heterocycles. The van der Waals surface area contributed by atoms with Crippen molar-refractivity contribution < 1.29 is 9.90 Å². The van der Waals surface area contributed by atoms with Gasteiger partial charge in [-0.15, -0.1) is 0 Å². The molecule has 0 bridgehead atoms. The van der Waals surface area contributed by atoms with E-state index in [1.165, 1.54) is 12.4 Å². The van der Waals surface area contributed by atoms with Crippen molar-refractivity contribution in [1.82, 2.24) is 20.7 Å². The molecule has 1 aromatic rings. The second-order valence-electron chi connectivity index (χ2n) is 5.79. The maximum atomic E-state index is 12.2. The van der Waals surface area contributed by atoms with Gasteiger partial charge in [0.05, 0.1) is 11.8 Å². The Kier molecular flexibility index (Phi) is 5.14. The molecular formula is C15H24N4O2. The zero-order valence-corrected chi connectivity index (χ0v) is 12.8. The van der Waals surface area contributed by atoms with Gasteiger partial charge in [-0.05, 0) is 38.7 Å². The Morgan fingerprint density at radius 1 is 1.38 bits per heavy atom. The lowest BCUT2D eigenvalue weighted by Gasteiger charge is -2.21. The van der Waals surface area contributed by atoms with Gasteiger partial charge >= 0.3 is 0 Å². The van der Waals surface area contributed by atoms with E-state index >= 15 is 0 Å². The standard InChI is InChI=1S/C15H24N4O2/c1-10-12(11(2)18-17-10)5-4-8-19(3)15(21)13-6-7-16-9-14(13)20/h6-7,9-12,17-18,20H,4-5,8H2,1-3H3. The zero-order chi connectivity index (χ0) is 15.4. The van der Waals surface area contributed by atoms with Crippen LogP contribution in [0.15, 0.2) is 18.5 Å². The van der Waals surface area contributed by atoms with E-state index in [9.17, 15) is 9.90 Å². The molecule has 0 aromatic carbocycles. The van der Waals surface area contributed by atoms with Crippen LogP contribution in [0.1, 0.15) is 37.0 Å². The highest BCUT2D eigenvalue weighted by molar-refractivity contribution is 5.96. The van der Waals surface area contributed by atoms with E-state index in [2.05, 4.69) is 29.7 Å². The number of carbonyl (C=O) groups excluding carboxylic acids is 1. The summed E-state index contributed by atoms with van der Waals surface area (Å²) in [5, 5.41) is 9.67. The van der Waals surface area contributed by atoms with E-state index in [0.29, 0.717) is 30.1 Å². The van der Waals surface area contributed by atoms with Crippen molar-refractivity contribution in [2.45, 2.75) is 38.8 Å². The fourth-order valence-electron chi connectivity index (χ4n) is 2.85. The normalized spacial score (nSPS) is 25.0. The van der Waals surface area contributed by atoms with Crippen LogP contribution in [0, 0.1) is 5.92 Å². The van der Waals surface area contributed by atoms with Crippen LogP contribution in [0.3, 0.4) is 0 Å². The average Bonchev–Trinajstić information content (AvgIpc) is 2.78. The highest BCUT2D eigenvalue weighted by Gasteiger charge is 2.29. The van der Waals surface area contributed by atoms with Crippen molar-refractivity contribution in [3.8, 4) is 5.75 Å². The maximum Gasteiger partial charge on any atom is 0.257 e. The number of aromatic hydroxyl groups is 1. The summed E-state index contributed by atoms with van der Waals surface area (Å²) in [6, 6.07) is 2.44. The van der Waals surface area contributed by atoms with Crippen LogP contribution >= 0.6 is 0 Å². The molecule has 21 heavy (non-hydrogen) atoms. The summed E-state index contributed by atoms with van der Waals surface area (Å²) >= 11 is 0. The summed E-state index contributed by atoms with van der Waals surface area (Å²) in [6.45, 7) is 5.02. The molecule has 1 aliphatic rings. The lowest BCUT2D eigenvalue weighted by atomic mass is 9.91. The predicted molar refractivity (Wildman–Crippen MR) is 80.8 cm³/mol. The third-order valence-corrected chi connectivity index (χ3v) is 4.23. The molecule has 0 radical (unpaired) electrons. The van der Waals surface area contributed by atoms with Crippen molar-refractivity contribution in [1.29, 1.82) is 0 Å². The maximum absolute atomic E-state index is 12.2. The van der Waals surface area contributed by atoms with E-state index in [1.807, 2.05) is 0 Å². The molecule has 116 valence electrons. The number of carbonyl (C=O) groups is 1. The average molecular weight is 292 g/mol. The molecule has 2 heterocycles. The second-order valence-corrected chi connectivity index (χ2v) is 5.79. The smallest absolute Gasteiger partial charge is 0.257 e. The number of nitrogens with zero attached hydrogens (tertiary/aromatic N) is 2. The number of hydrazine groups is 1. The van der Waals surface area contributed by atoms with Crippen LogP contribution < -0.4 is 10.9 Å². The third kappa shape index (κ3) is 3.71. The van der Waals surface area contributed by atoms with E-state index < -0.39 is 0 Å². The Bertz CT molecular complexity index is 484. The van der Waals surface area contributed by atoms with Gasteiger partial charge in [-0.1, -0.05) is 0 Å². The van der Waals surface area contributed by atoms with E-state index in [-0.39, 0.29) is 11.7 Å².